The van der Waals surface area contributed by atoms with E-state index in [1.807, 2.05) is 37.3 Å². The maximum absolute atomic E-state index is 12.8. The van der Waals surface area contributed by atoms with Gasteiger partial charge < -0.3 is 14.6 Å². The summed E-state index contributed by atoms with van der Waals surface area (Å²) in [5, 5.41) is 2.98. The molecule has 1 heterocycles. The molecule has 0 spiro atoms. The van der Waals surface area contributed by atoms with Crippen LogP contribution in [-0.2, 0) is 0 Å². The van der Waals surface area contributed by atoms with Gasteiger partial charge in [0.05, 0.1) is 17.3 Å². The second-order valence-electron chi connectivity index (χ2n) is 6.09. The van der Waals surface area contributed by atoms with Gasteiger partial charge in [-0.15, -0.1) is 0 Å². The zero-order valence-corrected chi connectivity index (χ0v) is 16.6. The van der Waals surface area contributed by atoms with Crippen molar-refractivity contribution < 1.29 is 14.0 Å². The second-order valence-corrected chi connectivity index (χ2v) is 6.87. The van der Waals surface area contributed by atoms with Crippen molar-refractivity contribution in [1.29, 1.82) is 0 Å². The molecule has 5 nitrogen and oxygen atoms in total. The van der Waals surface area contributed by atoms with Gasteiger partial charge in [-0.05, 0) is 52.7 Å². The van der Waals surface area contributed by atoms with E-state index < -0.39 is 0 Å². The number of nitrogens with one attached hydrogen (secondary N) is 1. The molecule has 0 fully saturated rings. The summed E-state index contributed by atoms with van der Waals surface area (Å²) < 4.78 is 5.81. The van der Waals surface area contributed by atoms with Gasteiger partial charge in [-0.25, -0.2) is 0 Å². The molecule has 27 heavy (non-hydrogen) atoms. The van der Waals surface area contributed by atoms with Crippen LogP contribution >= 0.6 is 15.9 Å². The molecule has 0 saturated heterocycles. The lowest BCUT2D eigenvalue weighted by molar-refractivity contribution is 0.0940. The summed E-state index contributed by atoms with van der Waals surface area (Å²) in [5.74, 6) is -0.392. The van der Waals surface area contributed by atoms with Gasteiger partial charge in [0.1, 0.15) is 0 Å². The van der Waals surface area contributed by atoms with Gasteiger partial charge in [0.2, 0.25) is 0 Å². The quantitative estimate of drug-likeness (QED) is 0.636. The summed E-state index contributed by atoms with van der Waals surface area (Å²) in [4.78, 5) is 26.9. The first-order valence-electron chi connectivity index (χ1n) is 8.45. The fourth-order valence-corrected chi connectivity index (χ4v) is 3.07. The highest BCUT2D eigenvalue weighted by Crippen LogP contribution is 2.24. The minimum absolute atomic E-state index is 0.159. The molecule has 3 rings (SSSR count). The Morgan fingerprint density at radius 2 is 1.67 bits per heavy atom. The van der Waals surface area contributed by atoms with Crippen LogP contribution in [0.1, 0.15) is 39.4 Å². The number of amides is 2. The van der Waals surface area contributed by atoms with E-state index in [1.54, 1.807) is 43.4 Å². The van der Waals surface area contributed by atoms with Crippen molar-refractivity contribution in [2.24, 2.45) is 0 Å². The average Bonchev–Trinajstić information content (AvgIpc) is 3.13. The van der Waals surface area contributed by atoms with Crippen molar-refractivity contribution in [3.63, 3.8) is 0 Å². The molecular weight excluding hydrogens is 408 g/mol. The van der Waals surface area contributed by atoms with Crippen molar-refractivity contribution in [2.45, 2.75) is 13.0 Å². The Morgan fingerprint density at radius 1 is 1.00 bits per heavy atom. The molecule has 0 bridgehead atoms. The molecule has 2 aromatic carbocycles. The van der Waals surface area contributed by atoms with Crippen LogP contribution in [0, 0.1) is 0 Å². The van der Waals surface area contributed by atoms with Gasteiger partial charge in [0.25, 0.3) is 11.8 Å². The molecule has 2 amide bonds. The third kappa shape index (κ3) is 4.28. The molecule has 3 aromatic rings. The van der Waals surface area contributed by atoms with Crippen LogP contribution < -0.4 is 10.2 Å². The molecule has 0 radical (unpaired) electrons. The number of furan rings is 1. The van der Waals surface area contributed by atoms with Gasteiger partial charge in [-0.2, -0.15) is 0 Å². The number of nitrogens with zero attached hydrogens (tertiary/aromatic N) is 1. The largest absolute Gasteiger partial charge is 0.444 e. The standard InChI is InChI=1S/C21H19BrN2O3/c1-14(15-8-4-3-5-9-15)23-20(25)16-10-6-7-11-17(16)24(2)21(26)18-12-13-19(22)27-18/h3-14H,1-2H3,(H,23,25)/t14-/m0/s1. The summed E-state index contributed by atoms with van der Waals surface area (Å²) in [6, 6.07) is 19.8. The predicted molar refractivity (Wildman–Crippen MR) is 108 cm³/mol. The number of hydrogen-bond donors (Lipinski definition) is 1. The van der Waals surface area contributed by atoms with Crippen LogP contribution in [0.4, 0.5) is 5.69 Å². The highest BCUT2D eigenvalue weighted by atomic mass is 79.9. The van der Waals surface area contributed by atoms with E-state index >= 15 is 0 Å². The molecule has 0 aliphatic carbocycles. The Hall–Kier alpha value is -2.86. The Kier molecular flexibility index (Phi) is 5.76. The molecule has 0 unspecified atom stereocenters. The van der Waals surface area contributed by atoms with Gasteiger partial charge in [-0.1, -0.05) is 42.5 Å². The summed E-state index contributed by atoms with van der Waals surface area (Å²) in [6.07, 6.45) is 0. The van der Waals surface area contributed by atoms with Gasteiger partial charge in [-0.3, -0.25) is 9.59 Å². The Bertz CT molecular complexity index is 953. The number of rotatable bonds is 5. The van der Waals surface area contributed by atoms with E-state index in [4.69, 9.17) is 4.42 Å². The number of carbonyl (C=O) groups is 2. The molecule has 1 N–H and O–H groups in total. The molecule has 1 atom stereocenters. The highest BCUT2D eigenvalue weighted by Gasteiger charge is 2.22. The topological polar surface area (TPSA) is 62.6 Å². The Labute approximate surface area is 166 Å². The lowest BCUT2D eigenvalue weighted by Gasteiger charge is -2.21. The number of halogens is 1. The van der Waals surface area contributed by atoms with Crippen LogP contribution in [0.25, 0.3) is 0 Å². The third-order valence-electron chi connectivity index (χ3n) is 4.25. The smallest absolute Gasteiger partial charge is 0.293 e. The monoisotopic (exact) mass is 426 g/mol. The first-order valence-corrected chi connectivity index (χ1v) is 9.25. The van der Waals surface area contributed by atoms with E-state index in [2.05, 4.69) is 21.2 Å². The SMILES string of the molecule is C[C@H](NC(=O)c1ccccc1N(C)C(=O)c1ccc(Br)o1)c1ccccc1. The molecule has 0 saturated carbocycles. The minimum Gasteiger partial charge on any atom is -0.444 e. The zero-order valence-electron chi connectivity index (χ0n) is 15.0. The van der Waals surface area contributed by atoms with Crippen LogP contribution in [-0.4, -0.2) is 18.9 Å². The van der Waals surface area contributed by atoms with Gasteiger partial charge in [0.15, 0.2) is 10.4 Å². The Morgan fingerprint density at radius 3 is 2.33 bits per heavy atom. The molecule has 6 heteroatoms. The maximum atomic E-state index is 12.8. The fraction of sp³-hybridized carbons (Fsp3) is 0.143. The first-order chi connectivity index (χ1) is 13.0. The summed E-state index contributed by atoms with van der Waals surface area (Å²) in [5.41, 5.74) is 1.93. The number of carbonyl (C=O) groups excluding carboxylic acids is 2. The van der Waals surface area contributed by atoms with E-state index in [1.165, 1.54) is 4.90 Å². The molecule has 0 aliphatic heterocycles. The predicted octanol–water partition coefficient (Wildman–Crippen LogP) is 4.81. The maximum Gasteiger partial charge on any atom is 0.293 e. The second kappa shape index (κ2) is 8.22. The Balaban J connectivity index is 1.82. The van der Waals surface area contributed by atoms with Crippen molar-refractivity contribution in [1.82, 2.24) is 5.32 Å². The van der Waals surface area contributed by atoms with E-state index in [9.17, 15) is 9.59 Å². The normalized spacial score (nSPS) is 11.7. The van der Waals surface area contributed by atoms with Crippen LogP contribution in [0.3, 0.4) is 0 Å². The zero-order chi connectivity index (χ0) is 19.4. The average molecular weight is 427 g/mol. The summed E-state index contributed by atoms with van der Waals surface area (Å²) in [7, 11) is 1.62. The van der Waals surface area contributed by atoms with Crippen molar-refractivity contribution in [2.75, 3.05) is 11.9 Å². The number of anilines is 1. The van der Waals surface area contributed by atoms with Crippen LogP contribution in [0.5, 0.6) is 0 Å². The van der Waals surface area contributed by atoms with Crippen LogP contribution in [0.2, 0.25) is 0 Å². The number of benzene rings is 2. The fourth-order valence-electron chi connectivity index (χ4n) is 2.76. The van der Waals surface area contributed by atoms with Crippen LogP contribution in [0.15, 0.2) is 75.8 Å². The molecule has 138 valence electrons. The van der Waals surface area contributed by atoms with Crippen molar-refractivity contribution >= 4 is 33.4 Å². The molecular formula is C21H19BrN2O3. The van der Waals surface area contributed by atoms with Gasteiger partial charge >= 0.3 is 0 Å². The highest BCUT2D eigenvalue weighted by molar-refractivity contribution is 9.10. The third-order valence-corrected chi connectivity index (χ3v) is 4.67. The number of hydrogen-bond acceptors (Lipinski definition) is 3. The lowest BCUT2D eigenvalue weighted by atomic mass is 10.1. The number of para-hydroxylation sites is 1. The van der Waals surface area contributed by atoms with E-state index in [0.29, 0.717) is 15.9 Å². The van der Waals surface area contributed by atoms with Crippen molar-refractivity contribution in [3.8, 4) is 0 Å². The lowest BCUT2D eigenvalue weighted by Crippen LogP contribution is -2.31. The van der Waals surface area contributed by atoms with Gasteiger partial charge in [0, 0.05) is 7.05 Å². The summed E-state index contributed by atoms with van der Waals surface area (Å²) >= 11 is 3.19. The first kappa shape index (κ1) is 18.9. The van der Waals surface area contributed by atoms with E-state index in [-0.39, 0.29) is 23.6 Å². The molecule has 1 aromatic heterocycles. The molecule has 0 aliphatic rings. The van der Waals surface area contributed by atoms with E-state index in [0.717, 1.165) is 5.56 Å². The van der Waals surface area contributed by atoms with Crippen molar-refractivity contribution in [3.05, 3.63) is 88.3 Å². The minimum atomic E-state index is -0.336. The summed E-state index contributed by atoms with van der Waals surface area (Å²) in [6.45, 7) is 1.92.